The van der Waals surface area contributed by atoms with Crippen LogP contribution in [0.25, 0.3) is 0 Å². The first-order chi connectivity index (χ1) is 7.80. The Hall–Kier alpha value is -1.63. The van der Waals surface area contributed by atoms with Crippen molar-refractivity contribution in [3.63, 3.8) is 0 Å². The molecule has 80 valence electrons. The number of fused-ring (bicyclic) bond motifs is 2. The van der Waals surface area contributed by atoms with Crippen molar-refractivity contribution < 1.29 is 4.79 Å². The van der Waals surface area contributed by atoms with E-state index in [0.29, 0.717) is 0 Å². The van der Waals surface area contributed by atoms with Crippen LogP contribution in [0.3, 0.4) is 0 Å². The predicted molar refractivity (Wildman–Crippen MR) is 64.3 cm³/mol. The molecule has 1 nitrogen and oxygen atoms in total. The van der Waals surface area contributed by atoms with Crippen LogP contribution in [0.5, 0.6) is 0 Å². The highest BCUT2D eigenvalue weighted by Crippen LogP contribution is 2.40. The second kappa shape index (κ2) is 3.44. The largest absolute Gasteiger partial charge is 0.290 e. The molecule has 2 aliphatic carbocycles. The number of rotatable bonds is 0. The van der Waals surface area contributed by atoms with Gasteiger partial charge in [-0.1, -0.05) is 36.4 Å². The molecule has 0 heterocycles. The van der Waals surface area contributed by atoms with E-state index in [1.807, 2.05) is 0 Å². The minimum Gasteiger partial charge on any atom is -0.290 e. The Morgan fingerprint density at radius 3 is 2.62 bits per heavy atom. The van der Waals surface area contributed by atoms with Crippen LogP contribution in [0, 0.1) is 0 Å². The first-order valence-corrected chi connectivity index (χ1v) is 5.81. The molecule has 0 N–H and O–H groups in total. The van der Waals surface area contributed by atoms with Gasteiger partial charge in [-0.15, -0.1) is 0 Å². The zero-order valence-corrected chi connectivity index (χ0v) is 9.15. The topological polar surface area (TPSA) is 17.1 Å². The number of ketones is 1. The Bertz CT molecular complexity index is 478. The molecule has 0 aromatic heterocycles. The van der Waals surface area contributed by atoms with Gasteiger partial charge in [0.05, 0.1) is 0 Å². The summed E-state index contributed by atoms with van der Waals surface area (Å²) in [6.07, 6.45) is 11.0. The second-order valence-electron chi connectivity index (χ2n) is 4.62. The van der Waals surface area contributed by atoms with Gasteiger partial charge in [0.15, 0.2) is 5.78 Å². The lowest BCUT2D eigenvalue weighted by atomic mass is 9.68. The second-order valence-corrected chi connectivity index (χ2v) is 4.62. The lowest BCUT2D eigenvalue weighted by Crippen LogP contribution is -2.28. The molecule has 1 spiro atoms. The summed E-state index contributed by atoms with van der Waals surface area (Å²) in [5.41, 5.74) is 2.79. The third-order valence-electron chi connectivity index (χ3n) is 3.65. The number of aryl methyl sites for hydroxylation is 1. The maximum atomic E-state index is 11.2. The quantitative estimate of drug-likeness (QED) is 0.643. The summed E-state index contributed by atoms with van der Waals surface area (Å²) in [7, 11) is 0. The van der Waals surface area contributed by atoms with Crippen LogP contribution < -0.4 is 0 Å². The van der Waals surface area contributed by atoms with E-state index in [-0.39, 0.29) is 11.2 Å². The van der Waals surface area contributed by atoms with Crippen molar-refractivity contribution in [3.05, 3.63) is 59.7 Å². The van der Waals surface area contributed by atoms with Gasteiger partial charge in [-0.05, 0) is 42.5 Å². The van der Waals surface area contributed by atoms with Crippen LogP contribution in [-0.2, 0) is 16.6 Å². The van der Waals surface area contributed by atoms with E-state index in [1.54, 1.807) is 12.2 Å². The van der Waals surface area contributed by atoms with Crippen molar-refractivity contribution >= 4 is 5.78 Å². The molecule has 1 heteroatoms. The minimum absolute atomic E-state index is 0.0112. The van der Waals surface area contributed by atoms with Gasteiger partial charge < -0.3 is 0 Å². The van der Waals surface area contributed by atoms with E-state index >= 15 is 0 Å². The van der Waals surface area contributed by atoms with Crippen molar-refractivity contribution in [2.24, 2.45) is 0 Å². The van der Waals surface area contributed by atoms with Gasteiger partial charge in [-0.3, -0.25) is 4.79 Å². The highest BCUT2D eigenvalue weighted by Gasteiger charge is 2.33. The molecule has 0 fully saturated rings. The average Bonchev–Trinajstić information content (AvgIpc) is 2.34. The van der Waals surface area contributed by atoms with E-state index in [9.17, 15) is 4.79 Å². The van der Waals surface area contributed by atoms with E-state index in [4.69, 9.17) is 0 Å². The summed E-state index contributed by atoms with van der Waals surface area (Å²) in [4.78, 5) is 11.2. The molecule has 0 unspecified atom stereocenters. The molecule has 0 atom stereocenters. The van der Waals surface area contributed by atoms with Crippen LogP contribution in [0.2, 0.25) is 0 Å². The highest BCUT2D eigenvalue weighted by atomic mass is 16.1. The molecular formula is C15H14O. The maximum Gasteiger partial charge on any atom is 0.178 e. The molecule has 0 saturated carbocycles. The number of benzene rings is 1. The van der Waals surface area contributed by atoms with Crippen molar-refractivity contribution in [1.29, 1.82) is 0 Å². The number of allylic oxidation sites excluding steroid dienone is 4. The van der Waals surface area contributed by atoms with Gasteiger partial charge in [0.2, 0.25) is 0 Å². The van der Waals surface area contributed by atoms with Crippen LogP contribution in [0.1, 0.15) is 24.0 Å². The smallest absolute Gasteiger partial charge is 0.178 e. The lowest BCUT2D eigenvalue weighted by molar-refractivity contribution is -0.110. The fraction of sp³-hybridized carbons (Fsp3) is 0.267. The zero-order valence-electron chi connectivity index (χ0n) is 9.15. The number of carbonyl (C=O) groups excluding carboxylic acids is 1. The van der Waals surface area contributed by atoms with Crippen LogP contribution in [-0.4, -0.2) is 5.78 Å². The molecular weight excluding hydrogens is 196 g/mol. The minimum atomic E-state index is -0.0112. The first-order valence-electron chi connectivity index (χ1n) is 5.81. The van der Waals surface area contributed by atoms with Gasteiger partial charge in [-0.2, -0.15) is 0 Å². The van der Waals surface area contributed by atoms with Crippen molar-refractivity contribution in [3.8, 4) is 0 Å². The Morgan fingerprint density at radius 2 is 1.81 bits per heavy atom. The molecule has 0 saturated heterocycles. The molecule has 3 rings (SSSR count). The third-order valence-corrected chi connectivity index (χ3v) is 3.65. The van der Waals surface area contributed by atoms with Crippen LogP contribution in [0.15, 0.2) is 48.6 Å². The van der Waals surface area contributed by atoms with Crippen molar-refractivity contribution in [2.45, 2.75) is 24.7 Å². The zero-order chi connectivity index (χ0) is 11.0. The molecule has 0 radical (unpaired) electrons. The van der Waals surface area contributed by atoms with Crippen LogP contribution >= 0.6 is 0 Å². The van der Waals surface area contributed by atoms with Crippen LogP contribution in [0.4, 0.5) is 0 Å². The van der Waals surface area contributed by atoms with Gasteiger partial charge in [0.25, 0.3) is 0 Å². The molecule has 1 aromatic carbocycles. The summed E-state index contributed by atoms with van der Waals surface area (Å²) < 4.78 is 0. The molecule has 0 bridgehead atoms. The fourth-order valence-electron chi connectivity index (χ4n) is 2.82. The third kappa shape index (κ3) is 1.35. The standard InChI is InChI=1S/C15H14O/c16-13-7-10-15(11-8-13)9-3-5-12-4-1-2-6-14(12)15/h1-2,4,6-8,10-11H,3,5,9H2. The fourth-order valence-corrected chi connectivity index (χ4v) is 2.82. The summed E-state index contributed by atoms with van der Waals surface area (Å²) in [5, 5.41) is 0. The lowest BCUT2D eigenvalue weighted by Gasteiger charge is -2.35. The van der Waals surface area contributed by atoms with Gasteiger partial charge in [0.1, 0.15) is 0 Å². The number of carbonyl (C=O) groups is 1. The number of hydrogen-bond donors (Lipinski definition) is 0. The van der Waals surface area contributed by atoms with Crippen molar-refractivity contribution in [1.82, 2.24) is 0 Å². The molecule has 0 amide bonds. The Labute approximate surface area is 95.5 Å². The van der Waals surface area contributed by atoms with Gasteiger partial charge >= 0.3 is 0 Å². The molecule has 1 aromatic rings. The highest BCUT2D eigenvalue weighted by molar-refractivity contribution is 6.00. The van der Waals surface area contributed by atoms with E-state index in [1.165, 1.54) is 17.5 Å². The van der Waals surface area contributed by atoms with E-state index in [0.717, 1.165) is 12.8 Å². The predicted octanol–water partition coefficient (Wildman–Crippen LogP) is 2.96. The summed E-state index contributed by atoms with van der Waals surface area (Å²) >= 11 is 0. The Balaban J connectivity index is 2.14. The van der Waals surface area contributed by atoms with Gasteiger partial charge in [-0.25, -0.2) is 0 Å². The van der Waals surface area contributed by atoms with E-state index < -0.39 is 0 Å². The molecule has 0 aliphatic heterocycles. The average molecular weight is 210 g/mol. The monoisotopic (exact) mass is 210 g/mol. The Morgan fingerprint density at radius 1 is 1.06 bits per heavy atom. The summed E-state index contributed by atoms with van der Waals surface area (Å²) in [5.74, 6) is 0.105. The normalized spacial score (nSPS) is 21.1. The molecule has 16 heavy (non-hydrogen) atoms. The van der Waals surface area contributed by atoms with Crippen molar-refractivity contribution in [2.75, 3.05) is 0 Å². The Kier molecular flexibility index (Phi) is 2.06. The summed E-state index contributed by atoms with van der Waals surface area (Å²) in [6.45, 7) is 0. The first kappa shape index (κ1) is 9.59. The SMILES string of the molecule is O=C1C=CC2(C=C1)CCCc1ccccc12. The van der Waals surface area contributed by atoms with Gasteiger partial charge in [0, 0.05) is 5.41 Å². The van der Waals surface area contributed by atoms with E-state index in [2.05, 4.69) is 36.4 Å². The maximum absolute atomic E-state index is 11.2. The molecule has 2 aliphatic rings. The summed E-state index contributed by atoms with van der Waals surface area (Å²) in [6, 6.07) is 8.58. The number of hydrogen-bond acceptors (Lipinski definition) is 1.